The fourth-order valence-electron chi connectivity index (χ4n) is 7.71. The third kappa shape index (κ3) is 9.17. The van der Waals surface area contributed by atoms with Crippen LogP contribution in [0.25, 0.3) is 0 Å². The summed E-state index contributed by atoms with van der Waals surface area (Å²) in [4.78, 5) is 83.8. The van der Waals surface area contributed by atoms with E-state index in [1.165, 1.54) is 50.5 Å². The van der Waals surface area contributed by atoms with E-state index in [9.17, 15) is 33.9 Å². The molecule has 14 heteroatoms. The average molecular weight is 790 g/mol. The number of fused-ring (bicyclic) bond motifs is 1. The van der Waals surface area contributed by atoms with Crippen molar-refractivity contribution in [3.05, 3.63) is 102 Å². The molecule has 1 heterocycles. The molecule has 2 aliphatic carbocycles. The van der Waals surface area contributed by atoms with Crippen molar-refractivity contribution in [2.75, 3.05) is 0 Å². The van der Waals surface area contributed by atoms with Gasteiger partial charge in [-0.2, -0.15) is 0 Å². The van der Waals surface area contributed by atoms with Crippen molar-refractivity contribution in [3.8, 4) is 0 Å². The van der Waals surface area contributed by atoms with Crippen LogP contribution < -0.4 is 0 Å². The first-order valence-electron chi connectivity index (χ1n) is 18.4. The van der Waals surface area contributed by atoms with E-state index in [1.807, 2.05) is 0 Å². The van der Waals surface area contributed by atoms with Gasteiger partial charge in [-0.15, -0.1) is 0 Å². The normalized spacial score (nSPS) is 31.5. The van der Waals surface area contributed by atoms with Gasteiger partial charge in [0, 0.05) is 57.5 Å². The van der Waals surface area contributed by atoms with Gasteiger partial charge in [0.1, 0.15) is 17.3 Å². The van der Waals surface area contributed by atoms with Crippen LogP contribution in [0.4, 0.5) is 0 Å². The Hall–Kier alpha value is -5.63. The Morgan fingerprint density at radius 2 is 1.30 bits per heavy atom. The van der Waals surface area contributed by atoms with Gasteiger partial charge in [-0.05, 0) is 49.6 Å². The molecule has 14 nitrogen and oxygen atoms in total. The van der Waals surface area contributed by atoms with Gasteiger partial charge in [-0.1, -0.05) is 64.3 Å². The highest BCUT2D eigenvalue weighted by Crippen LogP contribution is 2.55. The van der Waals surface area contributed by atoms with Gasteiger partial charge in [0.2, 0.25) is 0 Å². The van der Waals surface area contributed by atoms with Gasteiger partial charge >= 0.3 is 35.8 Å². The number of benzene rings is 1. The molecule has 2 aliphatic rings. The van der Waals surface area contributed by atoms with E-state index in [4.69, 9.17) is 28.4 Å². The third-order valence-electron chi connectivity index (χ3n) is 10.9. The maximum atomic E-state index is 14.1. The summed E-state index contributed by atoms with van der Waals surface area (Å²) in [6.45, 7) is 21.1. The monoisotopic (exact) mass is 789 g/mol. The van der Waals surface area contributed by atoms with Gasteiger partial charge in [0.25, 0.3) is 0 Å². The molecule has 306 valence electrons. The number of allylic oxidation sites excluding steroid dienone is 1. The largest absolute Gasteiger partial charge is 0.458 e. The number of pyridine rings is 1. The number of esters is 6. The Morgan fingerprint density at radius 3 is 1.84 bits per heavy atom. The molecule has 9 atom stereocenters. The number of ether oxygens (including phenoxy) is 6. The minimum absolute atomic E-state index is 0.0518. The lowest BCUT2D eigenvalue weighted by Crippen LogP contribution is -2.62. The van der Waals surface area contributed by atoms with Crippen LogP contribution in [0.3, 0.4) is 0 Å². The van der Waals surface area contributed by atoms with Crippen LogP contribution in [0.1, 0.15) is 89.5 Å². The molecule has 2 aromatic rings. The maximum absolute atomic E-state index is 14.1. The highest BCUT2D eigenvalue weighted by atomic mass is 16.6. The summed E-state index contributed by atoms with van der Waals surface area (Å²) in [5, 5.41) is 13.2. The Bertz CT molecular complexity index is 1940. The molecule has 4 rings (SSSR count). The highest BCUT2D eigenvalue weighted by Gasteiger charge is 2.68. The number of carbonyl (C=O) groups is 6. The van der Waals surface area contributed by atoms with Crippen molar-refractivity contribution >= 4 is 35.8 Å². The Labute approximate surface area is 332 Å². The minimum atomic E-state index is -2.21. The molecule has 0 unspecified atom stereocenters. The lowest BCUT2D eigenvalue weighted by Gasteiger charge is -2.49. The number of carbonyl (C=O) groups excluding carboxylic acids is 6. The average Bonchev–Trinajstić information content (AvgIpc) is 3.34. The minimum Gasteiger partial charge on any atom is -0.458 e. The Kier molecular flexibility index (Phi) is 13.0. The third-order valence-corrected chi connectivity index (χ3v) is 10.9. The first kappa shape index (κ1) is 44.1. The van der Waals surface area contributed by atoms with E-state index in [0.717, 1.165) is 27.7 Å². The number of nitrogens with zero attached hydrogens (tertiary/aromatic N) is 1. The van der Waals surface area contributed by atoms with Crippen molar-refractivity contribution in [1.82, 2.24) is 4.98 Å². The molecule has 0 saturated heterocycles. The first-order valence-corrected chi connectivity index (χ1v) is 18.4. The number of aromatic nitrogens is 1. The first-order chi connectivity index (χ1) is 26.5. The van der Waals surface area contributed by atoms with Crippen LogP contribution in [-0.4, -0.2) is 87.1 Å². The van der Waals surface area contributed by atoms with Gasteiger partial charge in [-0.25, -0.2) is 9.59 Å². The molecule has 0 amide bonds. The van der Waals surface area contributed by atoms with Gasteiger partial charge in [-0.3, -0.25) is 24.2 Å². The second-order valence-corrected chi connectivity index (χ2v) is 15.5. The van der Waals surface area contributed by atoms with E-state index in [-0.39, 0.29) is 22.3 Å². The van der Waals surface area contributed by atoms with Gasteiger partial charge in [0.05, 0.1) is 17.0 Å². The summed E-state index contributed by atoms with van der Waals surface area (Å²) >= 11 is 0. The second-order valence-electron chi connectivity index (χ2n) is 15.5. The van der Waals surface area contributed by atoms with Crippen molar-refractivity contribution in [2.45, 2.75) is 110 Å². The molecule has 0 bridgehead atoms. The van der Waals surface area contributed by atoms with Crippen LogP contribution in [0.15, 0.2) is 91.3 Å². The standard InChI is InChI=1S/C43H51NO13/c1-24-19-20-40(8,9)42(11,56-30(7)48)37(54-29(6)47)35(52-27(4)45)25(2)34(55-38(49)31-16-13-12-14-17-31)33-36(53-28(5)46)41(10,23-43(33,51)26(24)3)57-39(50)32-18-15-21-44-22-32/h12-22,24,33-37,51H,2-3,23H2,1,4-11H3/b20-19+/t24-,33-,34-,35-,36+,37+,41+,42+,43-/m0/s1. The fourth-order valence-corrected chi connectivity index (χ4v) is 7.71. The molecule has 1 fully saturated rings. The van der Waals surface area contributed by atoms with Crippen molar-refractivity contribution in [2.24, 2.45) is 17.3 Å². The molecule has 0 radical (unpaired) electrons. The van der Waals surface area contributed by atoms with Crippen molar-refractivity contribution in [3.63, 3.8) is 0 Å². The Balaban J connectivity index is 2.13. The summed E-state index contributed by atoms with van der Waals surface area (Å²) in [5.74, 6) is -7.51. The molecule has 1 N–H and O–H groups in total. The van der Waals surface area contributed by atoms with Crippen LogP contribution in [0.2, 0.25) is 0 Å². The zero-order valence-electron chi connectivity index (χ0n) is 33.7. The van der Waals surface area contributed by atoms with E-state index in [1.54, 1.807) is 51.1 Å². The van der Waals surface area contributed by atoms with Crippen LogP contribution in [0.5, 0.6) is 0 Å². The predicted molar refractivity (Wildman–Crippen MR) is 204 cm³/mol. The smallest absolute Gasteiger partial charge is 0.340 e. The van der Waals surface area contributed by atoms with Crippen LogP contribution in [-0.2, 0) is 47.6 Å². The number of aliphatic hydroxyl groups is 1. The summed E-state index contributed by atoms with van der Waals surface area (Å²) in [6.07, 6.45) is -1.19. The second kappa shape index (κ2) is 16.8. The van der Waals surface area contributed by atoms with Crippen molar-refractivity contribution in [1.29, 1.82) is 0 Å². The van der Waals surface area contributed by atoms with Crippen molar-refractivity contribution < 1.29 is 62.3 Å². The lowest BCUT2D eigenvalue weighted by atomic mass is 9.66. The maximum Gasteiger partial charge on any atom is 0.340 e. The number of hydrogen-bond acceptors (Lipinski definition) is 14. The summed E-state index contributed by atoms with van der Waals surface area (Å²) < 4.78 is 36.2. The number of hydrogen-bond donors (Lipinski definition) is 1. The topological polar surface area (TPSA) is 191 Å². The van der Waals surface area contributed by atoms with E-state index >= 15 is 0 Å². The molecule has 57 heavy (non-hydrogen) atoms. The molecule has 0 aliphatic heterocycles. The molecule has 1 saturated carbocycles. The zero-order chi connectivity index (χ0) is 42.7. The molecule has 0 spiro atoms. The highest BCUT2D eigenvalue weighted by molar-refractivity contribution is 5.90. The fraction of sp³-hybridized carbons (Fsp3) is 0.465. The quantitative estimate of drug-likeness (QED) is 0.202. The molecular weight excluding hydrogens is 738 g/mol. The van der Waals surface area contributed by atoms with Gasteiger partial charge < -0.3 is 33.5 Å². The molecular formula is C43H51NO13. The van der Waals surface area contributed by atoms with E-state index in [2.05, 4.69) is 18.1 Å². The van der Waals surface area contributed by atoms with E-state index < -0.39 is 101 Å². The number of rotatable bonds is 8. The van der Waals surface area contributed by atoms with E-state index in [0.29, 0.717) is 0 Å². The van der Waals surface area contributed by atoms with Crippen LogP contribution in [0, 0.1) is 17.3 Å². The summed E-state index contributed by atoms with van der Waals surface area (Å²) in [5.41, 5.74) is -7.19. The zero-order valence-corrected chi connectivity index (χ0v) is 33.7. The summed E-state index contributed by atoms with van der Waals surface area (Å²) in [6, 6.07) is 10.8. The predicted octanol–water partition coefficient (Wildman–Crippen LogP) is 5.44. The summed E-state index contributed by atoms with van der Waals surface area (Å²) in [7, 11) is 0. The molecule has 1 aromatic heterocycles. The lowest BCUT2D eigenvalue weighted by molar-refractivity contribution is -0.214. The van der Waals surface area contributed by atoms with Gasteiger partial charge in [0.15, 0.2) is 23.9 Å². The SMILES string of the molecule is C=C1[C@H](OC(=O)c2ccccc2)[C@H]2[C@@H](OC(C)=O)[C@](C)(OC(=O)c3cccnc3)C[C@]2(O)C(=C)[C@@H](C)/C=C/C(C)(C)[C@](C)(OC(C)=O)[C@H](OC(C)=O)[C@H]1OC(C)=O. The Morgan fingerprint density at radius 1 is 0.719 bits per heavy atom. The van der Waals surface area contributed by atoms with Crippen LogP contribution >= 0.6 is 0 Å². The molecule has 1 aromatic carbocycles.